The maximum atomic E-state index is 12.5. The van der Waals surface area contributed by atoms with E-state index in [2.05, 4.69) is 0 Å². The van der Waals surface area contributed by atoms with E-state index in [0.29, 0.717) is 16.7 Å². The van der Waals surface area contributed by atoms with Gasteiger partial charge in [0.25, 0.3) is 0 Å². The Morgan fingerprint density at radius 3 is 2.50 bits per heavy atom. The number of Topliss-reactive ketones (excluding diaryl/α,β-unsaturated/α-hetero) is 1. The topological polar surface area (TPSA) is 63.6 Å². The van der Waals surface area contributed by atoms with Gasteiger partial charge in [-0.2, -0.15) is 4.57 Å². The fraction of sp³-hybridized carbons (Fsp3) is 0.211. The number of hydrogen-bond donors (Lipinski definition) is 0. The Kier molecular flexibility index (Phi) is 6.15. The van der Waals surface area contributed by atoms with E-state index in [1.807, 2.05) is 31.1 Å². The molecule has 6 nitrogen and oxygen atoms in total. The third-order valence-corrected chi connectivity index (χ3v) is 3.96. The highest BCUT2D eigenvalue weighted by Crippen LogP contribution is 2.24. The van der Waals surface area contributed by atoms with E-state index in [1.54, 1.807) is 41.2 Å². The van der Waals surface area contributed by atoms with E-state index in [1.165, 1.54) is 7.11 Å². The zero-order valence-electron chi connectivity index (χ0n) is 14.7. The number of methoxy groups -OCH3 is 1. The molecular formula is C19H19BrN2O4. The van der Waals surface area contributed by atoms with Crippen molar-refractivity contribution in [3.05, 3.63) is 64.8 Å². The Balaban J connectivity index is 0.00000243. The number of ether oxygens (including phenoxy) is 1. The molecule has 0 aliphatic heterocycles. The van der Waals surface area contributed by atoms with Crippen molar-refractivity contribution in [2.75, 3.05) is 26.1 Å². The van der Waals surface area contributed by atoms with Gasteiger partial charge in [-0.1, -0.05) is 12.1 Å². The molecule has 0 radical (unpaired) electrons. The number of hydrogen-bond acceptors (Lipinski definition) is 5. The lowest BCUT2D eigenvalue weighted by atomic mass is 10.1. The van der Waals surface area contributed by atoms with Crippen molar-refractivity contribution in [1.82, 2.24) is 0 Å². The van der Waals surface area contributed by atoms with E-state index in [9.17, 15) is 9.59 Å². The van der Waals surface area contributed by atoms with Crippen LogP contribution in [0.1, 0.15) is 10.4 Å². The first-order chi connectivity index (χ1) is 12.0. The van der Waals surface area contributed by atoms with E-state index >= 15 is 0 Å². The molecule has 7 heteroatoms. The summed E-state index contributed by atoms with van der Waals surface area (Å²) in [5.74, 6) is 0.156. The van der Waals surface area contributed by atoms with Crippen molar-refractivity contribution in [3.8, 4) is 5.75 Å². The summed E-state index contributed by atoms with van der Waals surface area (Å²) in [6.45, 7) is 0.0634. The molecule has 3 aromatic rings. The van der Waals surface area contributed by atoms with Crippen LogP contribution in [0.5, 0.6) is 5.75 Å². The number of anilines is 1. The number of benzene rings is 1. The number of aromatic nitrogens is 1. The van der Waals surface area contributed by atoms with Gasteiger partial charge in [0, 0.05) is 37.3 Å². The molecule has 0 spiro atoms. The third-order valence-electron chi connectivity index (χ3n) is 3.96. The first-order valence-corrected chi connectivity index (χ1v) is 7.80. The van der Waals surface area contributed by atoms with Crippen molar-refractivity contribution in [2.24, 2.45) is 0 Å². The SMILES string of the molecule is COc1cccc2cc(C(=O)C[n+]3ccc(N(C)C)cc3)c(=O)oc12.[Br-]. The molecule has 1 aromatic carbocycles. The molecule has 0 amide bonds. The average molecular weight is 419 g/mol. The van der Waals surface area contributed by atoms with Crippen LogP contribution >= 0.6 is 0 Å². The number of carbonyl (C=O) groups excluding carboxylic acids is 1. The number of carbonyl (C=O) groups is 1. The third kappa shape index (κ3) is 3.94. The molecule has 2 aromatic heterocycles. The largest absolute Gasteiger partial charge is 1.00 e. The van der Waals surface area contributed by atoms with Crippen LogP contribution in [0.25, 0.3) is 11.0 Å². The molecule has 0 aliphatic carbocycles. The second-order valence-corrected chi connectivity index (χ2v) is 5.87. The summed E-state index contributed by atoms with van der Waals surface area (Å²) in [5, 5.41) is 0.648. The van der Waals surface area contributed by atoms with Crippen molar-refractivity contribution in [1.29, 1.82) is 0 Å². The normalized spacial score (nSPS) is 10.3. The van der Waals surface area contributed by atoms with Crippen molar-refractivity contribution in [3.63, 3.8) is 0 Å². The zero-order chi connectivity index (χ0) is 18.0. The van der Waals surface area contributed by atoms with E-state index in [0.717, 1.165) is 5.69 Å². The van der Waals surface area contributed by atoms with Gasteiger partial charge in [-0.3, -0.25) is 4.79 Å². The van der Waals surface area contributed by atoms with Gasteiger partial charge in [0.15, 0.2) is 23.7 Å². The zero-order valence-corrected chi connectivity index (χ0v) is 16.3. The van der Waals surface area contributed by atoms with Gasteiger partial charge in [0.2, 0.25) is 12.3 Å². The van der Waals surface area contributed by atoms with E-state index < -0.39 is 5.63 Å². The minimum Gasteiger partial charge on any atom is -1.00 e. The minimum atomic E-state index is -0.660. The number of para-hydroxylation sites is 1. The van der Waals surface area contributed by atoms with Crippen molar-refractivity contribution < 1.29 is 35.5 Å². The lowest BCUT2D eigenvalue weighted by Crippen LogP contribution is -3.00. The molecule has 136 valence electrons. The first-order valence-electron chi connectivity index (χ1n) is 7.80. The van der Waals surface area contributed by atoms with Gasteiger partial charge in [-0.05, 0) is 12.1 Å². The summed E-state index contributed by atoms with van der Waals surface area (Å²) in [5.41, 5.74) is 0.744. The quantitative estimate of drug-likeness (QED) is 0.303. The fourth-order valence-corrected chi connectivity index (χ4v) is 2.58. The average Bonchev–Trinajstić information content (AvgIpc) is 2.61. The lowest BCUT2D eigenvalue weighted by molar-refractivity contribution is -0.683. The number of nitrogens with zero attached hydrogens (tertiary/aromatic N) is 2. The molecule has 0 saturated carbocycles. The molecule has 3 rings (SSSR count). The van der Waals surface area contributed by atoms with Crippen LogP contribution in [-0.2, 0) is 6.54 Å². The minimum absolute atomic E-state index is 0. The molecule has 0 atom stereocenters. The van der Waals surface area contributed by atoms with Crippen LogP contribution in [0.15, 0.2) is 58.0 Å². The molecule has 0 aliphatic rings. The molecular weight excluding hydrogens is 400 g/mol. The smallest absolute Gasteiger partial charge is 0.347 e. The summed E-state index contributed by atoms with van der Waals surface area (Å²) >= 11 is 0. The monoisotopic (exact) mass is 418 g/mol. The van der Waals surface area contributed by atoms with Crippen LogP contribution in [-0.4, -0.2) is 27.0 Å². The molecule has 0 N–H and O–H groups in total. The lowest BCUT2D eigenvalue weighted by Gasteiger charge is -2.10. The van der Waals surface area contributed by atoms with Crippen LogP contribution in [0.4, 0.5) is 5.69 Å². The van der Waals surface area contributed by atoms with Crippen LogP contribution in [0.2, 0.25) is 0 Å². The number of ketones is 1. The highest BCUT2D eigenvalue weighted by Gasteiger charge is 2.19. The Morgan fingerprint density at radius 2 is 1.88 bits per heavy atom. The van der Waals surface area contributed by atoms with Crippen molar-refractivity contribution >= 4 is 22.4 Å². The first kappa shape index (κ1) is 19.7. The Labute approximate surface area is 161 Å². The molecule has 2 heterocycles. The molecule has 0 fully saturated rings. The Morgan fingerprint density at radius 1 is 1.19 bits per heavy atom. The van der Waals surface area contributed by atoms with Gasteiger partial charge >= 0.3 is 5.63 Å². The summed E-state index contributed by atoms with van der Waals surface area (Å²) in [7, 11) is 5.39. The predicted molar refractivity (Wildman–Crippen MR) is 94.3 cm³/mol. The predicted octanol–water partition coefficient (Wildman–Crippen LogP) is -0.958. The van der Waals surface area contributed by atoms with Gasteiger partial charge in [0.1, 0.15) is 5.56 Å². The maximum absolute atomic E-state index is 12.5. The van der Waals surface area contributed by atoms with Gasteiger partial charge in [0.05, 0.1) is 7.11 Å². The molecule has 0 saturated heterocycles. The highest BCUT2D eigenvalue weighted by molar-refractivity contribution is 5.98. The summed E-state index contributed by atoms with van der Waals surface area (Å²) < 4.78 is 12.2. The van der Waals surface area contributed by atoms with Gasteiger partial charge in [-0.25, -0.2) is 4.79 Å². The Bertz CT molecular complexity index is 981. The van der Waals surface area contributed by atoms with Crippen LogP contribution < -0.4 is 36.8 Å². The Hall–Kier alpha value is -2.67. The number of fused-ring (bicyclic) bond motifs is 1. The second kappa shape index (κ2) is 8.14. The molecule has 26 heavy (non-hydrogen) atoms. The maximum Gasteiger partial charge on any atom is 0.347 e. The molecule has 0 bridgehead atoms. The van der Waals surface area contributed by atoms with Gasteiger partial charge < -0.3 is 31.0 Å². The fourth-order valence-electron chi connectivity index (χ4n) is 2.58. The summed E-state index contributed by atoms with van der Waals surface area (Å²) in [6, 6.07) is 10.6. The molecule has 0 unspecified atom stereocenters. The number of rotatable bonds is 5. The van der Waals surface area contributed by atoms with Gasteiger partial charge in [-0.15, -0.1) is 0 Å². The highest BCUT2D eigenvalue weighted by atomic mass is 79.9. The summed E-state index contributed by atoms with van der Waals surface area (Å²) in [6.07, 6.45) is 3.61. The van der Waals surface area contributed by atoms with Crippen molar-refractivity contribution in [2.45, 2.75) is 6.54 Å². The summed E-state index contributed by atoms with van der Waals surface area (Å²) in [4.78, 5) is 26.7. The standard InChI is InChI=1S/C19H19N2O4.BrH/c1-20(2)14-7-9-21(10-8-14)12-16(22)15-11-13-5-4-6-17(24-3)18(13)25-19(15)23;/h4-11H,12H2,1-3H3;1H/q+1;/p-1. The number of halogens is 1. The number of pyridine rings is 1. The van der Waals surface area contributed by atoms with E-state index in [-0.39, 0.29) is 34.9 Å². The second-order valence-electron chi connectivity index (χ2n) is 5.87. The van der Waals surface area contributed by atoms with Crippen LogP contribution in [0.3, 0.4) is 0 Å². The van der Waals surface area contributed by atoms with E-state index in [4.69, 9.17) is 9.15 Å². The van der Waals surface area contributed by atoms with Crippen LogP contribution in [0, 0.1) is 0 Å².